The van der Waals surface area contributed by atoms with E-state index in [-0.39, 0.29) is 30.6 Å². The topological polar surface area (TPSA) is 92.0 Å². The van der Waals surface area contributed by atoms with E-state index in [1.54, 1.807) is 13.1 Å². The van der Waals surface area contributed by atoms with Gasteiger partial charge < -0.3 is 26.0 Å². The number of aliphatic imine (C=N–C) groups is 1. The highest BCUT2D eigenvalue weighted by Gasteiger charge is 2.23. The quantitative estimate of drug-likeness (QED) is 0.295. The number of rotatable bonds is 7. The molecule has 1 fully saturated rings. The number of halogens is 1. The van der Waals surface area contributed by atoms with E-state index in [1.165, 1.54) is 11.3 Å². The molecule has 4 N–H and O–H groups in total. The summed E-state index contributed by atoms with van der Waals surface area (Å²) in [5.41, 5.74) is 8.69. The standard InChI is InChI=1S/C22H29N5O2.HI/c1-16-6-8-19(9-7-16)27-11-10-18(14-27)26-22(24-2)25-13-17-4-3-5-20(12-17)29-15-21(23)28;/h3-9,12,18H,10-11,13-15H2,1-2H3,(H2,23,28)(H2,24,25,26);1H. The molecule has 1 heterocycles. The average Bonchev–Trinajstić information content (AvgIpc) is 3.19. The number of guanidine groups is 1. The molecule has 1 aliphatic heterocycles. The minimum atomic E-state index is -0.491. The van der Waals surface area contributed by atoms with Crippen LogP contribution in [0, 0.1) is 6.92 Å². The predicted octanol–water partition coefficient (Wildman–Crippen LogP) is 2.42. The number of benzene rings is 2. The maximum Gasteiger partial charge on any atom is 0.255 e. The number of nitrogens with zero attached hydrogens (tertiary/aromatic N) is 2. The number of amides is 1. The molecule has 0 saturated carbocycles. The molecule has 7 nitrogen and oxygen atoms in total. The number of nitrogens with one attached hydrogen (secondary N) is 2. The van der Waals surface area contributed by atoms with Crippen molar-refractivity contribution in [3.8, 4) is 5.75 Å². The van der Waals surface area contributed by atoms with Gasteiger partial charge in [-0.2, -0.15) is 0 Å². The Morgan fingerprint density at radius 2 is 2.03 bits per heavy atom. The first kappa shape index (κ1) is 23.8. The summed E-state index contributed by atoms with van der Waals surface area (Å²) in [6, 6.07) is 16.6. The smallest absolute Gasteiger partial charge is 0.255 e. The third-order valence-corrected chi connectivity index (χ3v) is 4.89. The van der Waals surface area contributed by atoms with Gasteiger partial charge in [0.05, 0.1) is 0 Å². The van der Waals surface area contributed by atoms with Gasteiger partial charge in [0.1, 0.15) is 5.75 Å². The summed E-state index contributed by atoms with van der Waals surface area (Å²) in [6.07, 6.45) is 1.06. The fourth-order valence-corrected chi connectivity index (χ4v) is 3.34. The first-order chi connectivity index (χ1) is 14.0. The molecule has 162 valence electrons. The SMILES string of the molecule is CN=C(NCc1cccc(OCC(N)=O)c1)NC1CCN(c2ccc(C)cc2)C1.I. The summed E-state index contributed by atoms with van der Waals surface area (Å²) in [6.45, 7) is 4.55. The minimum Gasteiger partial charge on any atom is -0.484 e. The highest BCUT2D eigenvalue weighted by Crippen LogP contribution is 2.20. The lowest BCUT2D eigenvalue weighted by Gasteiger charge is -2.20. The lowest BCUT2D eigenvalue weighted by molar-refractivity contribution is -0.119. The Balaban J connectivity index is 0.00000320. The van der Waals surface area contributed by atoms with Crippen molar-refractivity contribution in [2.24, 2.45) is 10.7 Å². The van der Waals surface area contributed by atoms with Crippen LogP contribution < -0.4 is 26.0 Å². The Morgan fingerprint density at radius 1 is 1.27 bits per heavy atom. The second-order valence-electron chi connectivity index (χ2n) is 7.24. The van der Waals surface area contributed by atoms with E-state index in [1.807, 2.05) is 18.2 Å². The molecule has 1 atom stereocenters. The zero-order valence-corrected chi connectivity index (χ0v) is 19.8. The number of carbonyl (C=O) groups excluding carboxylic acids is 1. The van der Waals surface area contributed by atoms with Gasteiger partial charge in [-0.1, -0.05) is 29.8 Å². The van der Waals surface area contributed by atoms with E-state index in [0.717, 1.165) is 31.0 Å². The van der Waals surface area contributed by atoms with Crippen LogP contribution in [0.5, 0.6) is 5.75 Å². The van der Waals surface area contributed by atoms with E-state index >= 15 is 0 Å². The molecule has 8 heteroatoms. The van der Waals surface area contributed by atoms with E-state index in [9.17, 15) is 4.79 Å². The van der Waals surface area contributed by atoms with Crippen LogP contribution >= 0.6 is 24.0 Å². The van der Waals surface area contributed by atoms with Crippen LogP contribution in [0.15, 0.2) is 53.5 Å². The number of hydrogen-bond donors (Lipinski definition) is 3. The Hall–Kier alpha value is -2.49. The number of hydrogen-bond acceptors (Lipinski definition) is 4. The van der Waals surface area contributed by atoms with Gasteiger partial charge in [0.2, 0.25) is 0 Å². The van der Waals surface area contributed by atoms with Crippen molar-refractivity contribution in [3.63, 3.8) is 0 Å². The normalized spacial score (nSPS) is 16.0. The zero-order chi connectivity index (χ0) is 20.6. The van der Waals surface area contributed by atoms with Crippen molar-refractivity contribution in [1.82, 2.24) is 10.6 Å². The van der Waals surface area contributed by atoms with Gasteiger partial charge in [-0.15, -0.1) is 24.0 Å². The molecule has 0 aromatic heterocycles. The zero-order valence-electron chi connectivity index (χ0n) is 17.4. The number of nitrogens with two attached hydrogens (primary N) is 1. The van der Waals surface area contributed by atoms with Gasteiger partial charge >= 0.3 is 0 Å². The molecule has 3 rings (SSSR count). The number of primary amides is 1. The summed E-state index contributed by atoms with van der Waals surface area (Å²) < 4.78 is 5.36. The average molecular weight is 523 g/mol. The van der Waals surface area contributed by atoms with Crippen LogP contribution in [-0.4, -0.2) is 44.7 Å². The van der Waals surface area contributed by atoms with Gasteiger partial charge in [-0.25, -0.2) is 0 Å². The summed E-state index contributed by atoms with van der Waals surface area (Å²) >= 11 is 0. The molecule has 1 aliphatic rings. The van der Waals surface area contributed by atoms with Crippen LogP contribution in [0.2, 0.25) is 0 Å². The van der Waals surface area contributed by atoms with Crippen molar-refractivity contribution in [1.29, 1.82) is 0 Å². The fraction of sp³-hybridized carbons (Fsp3) is 0.364. The molecule has 2 aromatic rings. The van der Waals surface area contributed by atoms with Crippen molar-refractivity contribution in [2.75, 3.05) is 31.6 Å². The molecule has 0 aliphatic carbocycles. The molecular weight excluding hydrogens is 493 g/mol. The lowest BCUT2D eigenvalue weighted by atomic mass is 10.2. The monoisotopic (exact) mass is 523 g/mol. The Labute approximate surface area is 195 Å². The van der Waals surface area contributed by atoms with Crippen LogP contribution in [0.4, 0.5) is 5.69 Å². The molecule has 1 saturated heterocycles. The van der Waals surface area contributed by atoms with Crippen LogP contribution in [-0.2, 0) is 11.3 Å². The van der Waals surface area contributed by atoms with Gasteiger partial charge in [0, 0.05) is 38.4 Å². The Morgan fingerprint density at radius 3 is 2.73 bits per heavy atom. The summed E-state index contributed by atoms with van der Waals surface area (Å²) in [5.74, 6) is 0.897. The second kappa shape index (κ2) is 11.6. The van der Waals surface area contributed by atoms with Crippen LogP contribution in [0.25, 0.3) is 0 Å². The number of anilines is 1. The Bertz CT molecular complexity index is 857. The summed E-state index contributed by atoms with van der Waals surface area (Å²) in [4.78, 5) is 17.6. The van der Waals surface area contributed by atoms with Gasteiger partial charge in [-0.3, -0.25) is 9.79 Å². The molecular formula is C22H30IN5O2. The third kappa shape index (κ3) is 7.08. The molecule has 1 amide bonds. The molecule has 0 radical (unpaired) electrons. The molecule has 30 heavy (non-hydrogen) atoms. The fourth-order valence-electron chi connectivity index (χ4n) is 3.34. The van der Waals surface area contributed by atoms with Gasteiger partial charge in [0.25, 0.3) is 5.91 Å². The number of carbonyl (C=O) groups is 1. The van der Waals surface area contributed by atoms with Crippen molar-refractivity contribution >= 4 is 41.5 Å². The summed E-state index contributed by atoms with van der Waals surface area (Å²) in [7, 11) is 1.77. The van der Waals surface area contributed by atoms with Crippen molar-refractivity contribution in [2.45, 2.75) is 25.9 Å². The Kier molecular flexibility index (Phi) is 9.22. The molecule has 1 unspecified atom stereocenters. The third-order valence-electron chi connectivity index (χ3n) is 4.89. The van der Waals surface area contributed by atoms with E-state index in [0.29, 0.717) is 18.3 Å². The molecule has 0 bridgehead atoms. The van der Waals surface area contributed by atoms with E-state index in [4.69, 9.17) is 10.5 Å². The first-order valence-corrected chi connectivity index (χ1v) is 9.82. The molecule has 0 spiro atoms. The predicted molar refractivity (Wildman–Crippen MR) is 132 cm³/mol. The molecule has 2 aromatic carbocycles. The highest BCUT2D eigenvalue weighted by molar-refractivity contribution is 14.0. The summed E-state index contributed by atoms with van der Waals surface area (Å²) in [5, 5.41) is 6.85. The van der Waals surface area contributed by atoms with Gasteiger partial charge in [0.15, 0.2) is 12.6 Å². The maximum absolute atomic E-state index is 10.9. The largest absolute Gasteiger partial charge is 0.484 e. The van der Waals surface area contributed by atoms with Gasteiger partial charge in [-0.05, 0) is 43.2 Å². The highest BCUT2D eigenvalue weighted by atomic mass is 127. The van der Waals surface area contributed by atoms with Crippen LogP contribution in [0.3, 0.4) is 0 Å². The van der Waals surface area contributed by atoms with Crippen molar-refractivity contribution in [3.05, 3.63) is 59.7 Å². The lowest BCUT2D eigenvalue weighted by Crippen LogP contribution is -2.44. The van der Waals surface area contributed by atoms with E-state index in [2.05, 4.69) is 51.7 Å². The maximum atomic E-state index is 10.9. The first-order valence-electron chi connectivity index (χ1n) is 9.82. The second-order valence-corrected chi connectivity index (χ2v) is 7.24. The van der Waals surface area contributed by atoms with Crippen LogP contribution in [0.1, 0.15) is 17.5 Å². The number of aryl methyl sites for hydroxylation is 1. The van der Waals surface area contributed by atoms with E-state index < -0.39 is 5.91 Å². The number of ether oxygens (including phenoxy) is 1. The van der Waals surface area contributed by atoms with Crippen molar-refractivity contribution < 1.29 is 9.53 Å². The minimum absolute atomic E-state index is 0.